The molecule has 0 unspecified atom stereocenters. The van der Waals surface area contributed by atoms with E-state index in [1.807, 2.05) is 18.5 Å². The van der Waals surface area contributed by atoms with Gasteiger partial charge in [-0.25, -0.2) is 4.39 Å². The van der Waals surface area contributed by atoms with Gasteiger partial charge < -0.3 is 4.57 Å². The lowest BCUT2D eigenvalue weighted by Crippen LogP contribution is -1.98. The molecule has 0 bridgehead atoms. The van der Waals surface area contributed by atoms with Crippen LogP contribution in [0.5, 0.6) is 0 Å². The molecular formula is C26H25FN2. The Labute approximate surface area is 171 Å². The highest BCUT2D eigenvalue weighted by molar-refractivity contribution is 5.90. The highest BCUT2D eigenvalue weighted by atomic mass is 19.1. The molecule has 2 nitrogen and oxygen atoms in total. The first-order valence-corrected chi connectivity index (χ1v) is 10.1. The number of aromatic nitrogens is 1. The van der Waals surface area contributed by atoms with Crippen LogP contribution in [0.1, 0.15) is 42.9 Å². The Kier molecular flexibility index (Phi) is 5.57. The predicted octanol–water partition coefficient (Wildman–Crippen LogP) is 7.09. The first-order valence-electron chi connectivity index (χ1n) is 10.1. The summed E-state index contributed by atoms with van der Waals surface area (Å²) in [4.78, 5) is 4.62. The van der Waals surface area contributed by atoms with Gasteiger partial charge >= 0.3 is 0 Å². The average molecular weight is 384 g/mol. The number of benzene rings is 3. The maximum Gasteiger partial charge on any atom is 0.123 e. The van der Waals surface area contributed by atoms with E-state index >= 15 is 0 Å². The van der Waals surface area contributed by atoms with Crippen LogP contribution in [0.25, 0.3) is 10.9 Å². The van der Waals surface area contributed by atoms with Crippen molar-refractivity contribution in [3.8, 4) is 0 Å². The van der Waals surface area contributed by atoms with Crippen molar-refractivity contribution in [2.45, 2.75) is 32.7 Å². The van der Waals surface area contributed by atoms with Gasteiger partial charge in [-0.05, 0) is 71.5 Å². The maximum absolute atomic E-state index is 13.4. The molecule has 3 heteroatoms. The van der Waals surface area contributed by atoms with Gasteiger partial charge in [0, 0.05) is 29.9 Å². The first kappa shape index (κ1) is 19.1. The molecule has 0 fully saturated rings. The van der Waals surface area contributed by atoms with Crippen LogP contribution in [-0.2, 0) is 6.54 Å². The third kappa shape index (κ3) is 4.45. The first-order chi connectivity index (χ1) is 14.1. The molecule has 0 saturated carbocycles. The van der Waals surface area contributed by atoms with Gasteiger partial charge in [0.2, 0.25) is 0 Å². The standard InChI is InChI=1S/C26H25FN2/c1-3-19(2)22-8-10-25(11-9-22)28-17-20-7-12-26-23(15-20)13-14-29(26)18-21-5-4-6-24(27)16-21/h4-17,19H,3,18H2,1-2H3/t19-/m0/s1. The summed E-state index contributed by atoms with van der Waals surface area (Å²) in [7, 11) is 0. The quantitative estimate of drug-likeness (QED) is 0.316. The molecule has 29 heavy (non-hydrogen) atoms. The number of fused-ring (bicyclic) bond motifs is 1. The van der Waals surface area contributed by atoms with Crippen molar-refractivity contribution in [1.29, 1.82) is 0 Å². The summed E-state index contributed by atoms with van der Waals surface area (Å²) < 4.78 is 15.6. The molecular weight excluding hydrogens is 359 g/mol. The third-order valence-electron chi connectivity index (χ3n) is 5.47. The van der Waals surface area contributed by atoms with Crippen LogP contribution in [0.2, 0.25) is 0 Å². The number of hydrogen-bond acceptors (Lipinski definition) is 1. The van der Waals surface area contributed by atoms with Crippen molar-refractivity contribution >= 4 is 22.8 Å². The van der Waals surface area contributed by atoms with Crippen molar-refractivity contribution in [3.63, 3.8) is 0 Å². The van der Waals surface area contributed by atoms with Crippen LogP contribution in [0.4, 0.5) is 10.1 Å². The molecule has 4 aromatic rings. The Hall–Kier alpha value is -3.20. The molecule has 0 aliphatic heterocycles. The van der Waals surface area contributed by atoms with Crippen molar-refractivity contribution in [1.82, 2.24) is 4.57 Å². The third-order valence-corrected chi connectivity index (χ3v) is 5.47. The van der Waals surface area contributed by atoms with Crippen molar-refractivity contribution in [2.24, 2.45) is 4.99 Å². The van der Waals surface area contributed by atoms with Crippen LogP contribution in [0.3, 0.4) is 0 Å². The fourth-order valence-corrected chi connectivity index (χ4v) is 3.54. The SMILES string of the molecule is CC[C@H](C)c1ccc(N=Cc2ccc3c(ccn3Cc3cccc(F)c3)c2)cc1. The molecule has 3 aromatic carbocycles. The van der Waals surface area contributed by atoms with E-state index in [2.05, 4.69) is 71.9 Å². The summed E-state index contributed by atoms with van der Waals surface area (Å²) in [5.74, 6) is 0.376. The molecule has 1 heterocycles. The maximum atomic E-state index is 13.4. The summed E-state index contributed by atoms with van der Waals surface area (Å²) in [6, 6.07) is 23.6. The van der Waals surface area contributed by atoms with E-state index < -0.39 is 0 Å². The summed E-state index contributed by atoms with van der Waals surface area (Å²) >= 11 is 0. The summed E-state index contributed by atoms with van der Waals surface area (Å²) in [6.07, 6.45) is 5.09. The van der Waals surface area contributed by atoms with E-state index in [4.69, 9.17) is 0 Å². The van der Waals surface area contributed by atoms with Gasteiger partial charge in [-0.1, -0.05) is 44.2 Å². The molecule has 0 amide bonds. The molecule has 0 radical (unpaired) electrons. The Morgan fingerprint density at radius 2 is 1.83 bits per heavy atom. The predicted molar refractivity (Wildman–Crippen MR) is 120 cm³/mol. The second-order valence-electron chi connectivity index (χ2n) is 7.55. The van der Waals surface area contributed by atoms with Crippen LogP contribution in [0, 0.1) is 5.82 Å². The highest BCUT2D eigenvalue weighted by Gasteiger charge is 2.04. The van der Waals surface area contributed by atoms with E-state index in [1.165, 1.54) is 11.6 Å². The number of hydrogen-bond donors (Lipinski definition) is 0. The zero-order chi connectivity index (χ0) is 20.2. The highest BCUT2D eigenvalue weighted by Crippen LogP contribution is 2.22. The molecule has 0 aliphatic carbocycles. The van der Waals surface area contributed by atoms with Crippen LogP contribution in [0.15, 0.2) is 84.0 Å². The largest absolute Gasteiger partial charge is 0.343 e. The fraction of sp³-hybridized carbons (Fsp3) is 0.192. The lowest BCUT2D eigenvalue weighted by Gasteiger charge is -2.08. The Morgan fingerprint density at radius 1 is 1.00 bits per heavy atom. The second kappa shape index (κ2) is 8.44. The zero-order valence-electron chi connectivity index (χ0n) is 16.8. The summed E-state index contributed by atoms with van der Waals surface area (Å²) in [5, 5.41) is 1.15. The Morgan fingerprint density at radius 3 is 2.59 bits per heavy atom. The van der Waals surface area contributed by atoms with Gasteiger partial charge in [-0.2, -0.15) is 0 Å². The van der Waals surface area contributed by atoms with Gasteiger partial charge in [0.05, 0.1) is 5.69 Å². The monoisotopic (exact) mass is 384 g/mol. The topological polar surface area (TPSA) is 17.3 Å². The normalized spacial score (nSPS) is 12.7. The Balaban J connectivity index is 1.51. The van der Waals surface area contributed by atoms with Crippen LogP contribution in [-0.4, -0.2) is 10.8 Å². The molecule has 1 aromatic heterocycles. The second-order valence-corrected chi connectivity index (χ2v) is 7.55. The van der Waals surface area contributed by atoms with Gasteiger partial charge in [-0.15, -0.1) is 0 Å². The van der Waals surface area contributed by atoms with E-state index in [0.717, 1.165) is 34.1 Å². The molecule has 0 N–H and O–H groups in total. The molecule has 0 aliphatic rings. The molecule has 1 atom stereocenters. The van der Waals surface area contributed by atoms with Crippen molar-refractivity contribution in [3.05, 3.63) is 102 Å². The van der Waals surface area contributed by atoms with E-state index in [1.54, 1.807) is 12.1 Å². The minimum absolute atomic E-state index is 0.199. The van der Waals surface area contributed by atoms with E-state index in [-0.39, 0.29) is 5.82 Å². The summed E-state index contributed by atoms with van der Waals surface area (Å²) in [5.41, 5.74) is 5.46. The Bertz CT molecular complexity index is 1140. The molecule has 0 spiro atoms. The fourth-order valence-electron chi connectivity index (χ4n) is 3.54. The average Bonchev–Trinajstić information content (AvgIpc) is 3.14. The van der Waals surface area contributed by atoms with Crippen LogP contribution >= 0.6 is 0 Å². The number of nitrogens with zero attached hydrogens (tertiary/aromatic N) is 2. The molecule has 4 rings (SSSR count). The van der Waals surface area contributed by atoms with Gasteiger partial charge in [0.15, 0.2) is 0 Å². The number of rotatable bonds is 6. The van der Waals surface area contributed by atoms with Crippen LogP contribution < -0.4 is 0 Å². The van der Waals surface area contributed by atoms with Gasteiger partial charge in [0.25, 0.3) is 0 Å². The van der Waals surface area contributed by atoms with E-state index in [0.29, 0.717) is 12.5 Å². The van der Waals surface area contributed by atoms with E-state index in [9.17, 15) is 4.39 Å². The zero-order valence-corrected chi connectivity index (χ0v) is 16.8. The minimum atomic E-state index is -0.199. The van der Waals surface area contributed by atoms with Gasteiger partial charge in [0.1, 0.15) is 5.82 Å². The lowest BCUT2D eigenvalue weighted by atomic mass is 9.99. The van der Waals surface area contributed by atoms with Crippen molar-refractivity contribution < 1.29 is 4.39 Å². The van der Waals surface area contributed by atoms with Crippen molar-refractivity contribution in [2.75, 3.05) is 0 Å². The minimum Gasteiger partial charge on any atom is -0.343 e. The smallest absolute Gasteiger partial charge is 0.123 e. The van der Waals surface area contributed by atoms with Gasteiger partial charge in [-0.3, -0.25) is 4.99 Å². The summed E-state index contributed by atoms with van der Waals surface area (Å²) in [6.45, 7) is 5.10. The number of aliphatic imine (C=N–C) groups is 1. The molecule has 0 saturated heterocycles. The molecule has 146 valence electrons. The number of halogens is 1. The lowest BCUT2D eigenvalue weighted by molar-refractivity contribution is 0.624.